The number of aromatic nitrogens is 1. The van der Waals surface area contributed by atoms with Gasteiger partial charge in [0.1, 0.15) is 0 Å². The first-order chi connectivity index (χ1) is 8.76. The molecule has 0 radical (unpaired) electrons. The molecule has 4 nitrogen and oxygen atoms in total. The highest BCUT2D eigenvalue weighted by Gasteiger charge is 2.29. The molecule has 2 N–H and O–H groups in total. The van der Waals surface area contributed by atoms with Crippen LogP contribution in [0, 0.1) is 0 Å². The molecule has 0 saturated heterocycles. The van der Waals surface area contributed by atoms with Gasteiger partial charge < -0.3 is 15.4 Å². The van der Waals surface area contributed by atoms with E-state index >= 15 is 0 Å². The average Bonchev–Trinajstić information content (AvgIpc) is 3.24. The lowest BCUT2D eigenvalue weighted by atomic mass is 10.1. The fourth-order valence-corrected chi connectivity index (χ4v) is 2.09. The largest absolute Gasteiger partial charge is 0.383 e. The quantitative estimate of drug-likeness (QED) is 0.804. The molecule has 2 rings (SSSR count). The lowest BCUT2D eigenvalue weighted by Gasteiger charge is -2.24. The first kappa shape index (κ1) is 13.3. The Kier molecular flexibility index (Phi) is 4.55. The van der Waals surface area contributed by atoms with E-state index in [1.54, 1.807) is 7.11 Å². The minimum atomic E-state index is 0.0485. The molecule has 4 heteroatoms. The fraction of sp³-hybridized carbons (Fsp3) is 0.643. The van der Waals surface area contributed by atoms with E-state index in [4.69, 9.17) is 10.5 Å². The van der Waals surface area contributed by atoms with Gasteiger partial charge in [-0.05, 0) is 31.4 Å². The zero-order chi connectivity index (χ0) is 13.0. The average molecular weight is 249 g/mol. The van der Waals surface area contributed by atoms with Crippen molar-refractivity contribution in [3.63, 3.8) is 0 Å². The minimum absolute atomic E-state index is 0.0485. The summed E-state index contributed by atoms with van der Waals surface area (Å²) in [4.78, 5) is 6.87. The topological polar surface area (TPSA) is 51.4 Å². The molecule has 1 saturated carbocycles. The Balaban J connectivity index is 2.05. The lowest BCUT2D eigenvalue weighted by Crippen LogP contribution is -2.29. The molecule has 1 fully saturated rings. The highest BCUT2D eigenvalue weighted by atomic mass is 16.5. The summed E-state index contributed by atoms with van der Waals surface area (Å²) in [6.07, 6.45) is 5.42. The van der Waals surface area contributed by atoms with E-state index in [1.807, 2.05) is 12.3 Å². The van der Waals surface area contributed by atoms with Crippen LogP contribution in [0.3, 0.4) is 0 Å². The van der Waals surface area contributed by atoms with Crippen molar-refractivity contribution in [1.82, 2.24) is 4.98 Å². The number of rotatable bonds is 7. The Bertz CT molecular complexity index is 362. The summed E-state index contributed by atoms with van der Waals surface area (Å²) in [5.41, 5.74) is 8.13. The number of hydrogen-bond acceptors (Lipinski definition) is 4. The molecule has 1 aromatic rings. The SMILES string of the molecule is CC[C@H](N)c1ccc(N(CCOC)C2CC2)cn1. The van der Waals surface area contributed by atoms with Gasteiger partial charge in [0.05, 0.1) is 24.2 Å². The number of nitrogens with two attached hydrogens (primary N) is 1. The molecule has 18 heavy (non-hydrogen) atoms. The summed E-state index contributed by atoms with van der Waals surface area (Å²) in [5, 5.41) is 0. The molecule has 0 unspecified atom stereocenters. The second-order valence-electron chi connectivity index (χ2n) is 4.87. The zero-order valence-corrected chi connectivity index (χ0v) is 11.3. The smallest absolute Gasteiger partial charge is 0.0637 e. The number of anilines is 1. The van der Waals surface area contributed by atoms with Crippen LogP contribution in [0.1, 0.15) is 37.9 Å². The van der Waals surface area contributed by atoms with E-state index < -0.39 is 0 Å². The van der Waals surface area contributed by atoms with E-state index in [1.165, 1.54) is 18.5 Å². The molecule has 1 aliphatic rings. The van der Waals surface area contributed by atoms with Gasteiger partial charge in [-0.2, -0.15) is 0 Å². The van der Waals surface area contributed by atoms with Gasteiger partial charge in [-0.3, -0.25) is 4.98 Å². The van der Waals surface area contributed by atoms with Crippen molar-refractivity contribution in [2.75, 3.05) is 25.2 Å². The van der Waals surface area contributed by atoms with Crippen molar-refractivity contribution in [2.45, 2.75) is 38.3 Å². The van der Waals surface area contributed by atoms with Crippen molar-refractivity contribution in [3.05, 3.63) is 24.0 Å². The minimum Gasteiger partial charge on any atom is -0.383 e. The Hall–Kier alpha value is -1.13. The van der Waals surface area contributed by atoms with E-state index in [0.717, 1.165) is 25.3 Å². The molecule has 0 aromatic carbocycles. The zero-order valence-electron chi connectivity index (χ0n) is 11.3. The normalized spacial score (nSPS) is 16.6. The Labute approximate surface area is 109 Å². The van der Waals surface area contributed by atoms with Gasteiger partial charge in [0.2, 0.25) is 0 Å². The van der Waals surface area contributed by atoms with Gasteiger partial charge in [-0.15, -0.1) is 0 Å². The van der Waals surface area contributed by atoms with Crippen molar-refractivity contribution in [2.24, 2.45) is 5.73 Å². The van der Waals surface area contributed by atoms with Gasteiger partial charge in [-0.25, -0.2) is 0 Å². The molecule has 1 aromatic heterocycles. The number of ether oxygens (including phenoxy) is 1. The van der Waals surface area contributed by atoms with Crippen LogP contribution in [-0.2, 0) is 4.74 Å². The molecule has 0 amide bonds. The summed E-state index contributed by atoms with van der Waals surface area (Å²) >= 11 is 0. The molecule has 100 valence electrons. The van der Waals surface area contributed by atoms with E-state index in [0.29, 0.717) is 6.04 Å². The van der Waals surface area contributed by atoms with Gasteiger partial charge in [0.15, 0.2) is 0 Å². The van der Waals surface area contributed by atoms with Crippen LogP contribution in [0.5, 0.6) is 0 Å². The van der Waals surface area contributed by atoms with Crippen LogP contribution in [0.15, 0.2) is 18.3 Å². The van der Waals surface area contributed by atoms with Crippen molar-refractivity contribution < 1.29 is 4.74 Å². The van der Waals surface area contributed by atoms with E-state index in [-0.39, 0.29) is 6.04 Å². The molecule has 1 aliphatic carbocycles. The first-order valence-electron chi connectivity index (χ1n) is 6.73. The molecule has 1 atom stereocenters. The summed E-state index contributed by atoms with van der Waals surface area (Å²) in [6, 6.07) is 4.90. The summed E-state index contributed by atoms with van der Waals surface area (Å²) < 4.78 is 5.17. The molecular formula is C14H23N3O. The van der Waals surface area contributed by atoms with Crippen LogP contribution in [0.2, 0.25) is 0 Å². The maximum atomic E-state index is 5.98. The summed E-state index contributed by atoms with van der Waals surface area (Å²) in [5.74, 6) is 0. The van der Waals surface area contributed by atoms with Crippen molar-refractivity contribution >= 4 is 5.69 Å². The predicted octanol–water partition coefficient (Wildman–Crippen LogP) is 2.11. The second-order valence-corrected chi connectivity index (χ2v) is 4.87. The summed E-state index contributed by atoms with van der Waals surface area (Å²) in [6.45, 7) is 3.77. The third kappa shape index (κ3) is 3.21. The van der Waals surface area contributed by atoms with Crippen LogP contribution in [0.25, 0.3) is 0 Å². The highest BCUT2D eigenvalue weighted by molar-refractivity contribution is 5.47. The maximum Gasteiger partial charge on any atom is 0.0637 e. The van der Waals surface area contributed by atoms with Gasteiger partial charge >= 0.3 is 0 Å². The van der Waals surface area contributed by atoms with Crippen LogP contribution < -0.4 is 10.6 Å². The molecular weight excluding hydrogens is 226 g/mol. The Morgan fingerprint density at radius 1 is 1.50 bits per heavy atom. The van der Waals surface area contributed by atoms with Crippen molar-refractivity contribution in [3.8, 4) is 0 Å². The number of hydrogen-bond donors (Lipinski definition) is 1. The summed E-state index contributed by atoms with van der Waals surface area (Å²) in [7, 11) is 1.74. The molecule has 0 aliphatic heterocycles. The molecule has 1 heterocycles. The standard InChI is InChI=1S/C14H23N3O/c1-3-13(15)14-7-6-12(10-16-14)17(8-9-18-2)11-4-5-11/h6-7,10-11,13H,3-5,8-9,15H2,1-2H3/t13-/m0/s1. The van der Waals surface area contributed by atoms with Crippen molar-refractivity contribution in [1.29, 1.82) is 0 Å². The number of pyridine rings is 1. The number of methoxy groups -OCH3 is 1. The van der Waals surface area contributed by atoms with Crippen LogP contribution in [-0.4, -0.2) is 31.3 Å². The third-order valence-electron chi connectivity index (χ3n) is 3.45. The monoisotopic (exact) mass is 249 g/mol. The first-order valence-corrected chi connectivity index (χ1v) is 6.73. The molecule has 0 bridgehead atoms. The Morgan fingerprint density at radius 2 is 2.28 bits per heavy atom. The molecule has 0 spiro atoms. The van der Waals surface area contributed by atoms with E-state index in [2.05, 4.69) is 22.9 Å². The number of nitrogens with zero attached hydrogens (tertiary/aromatic N) is 2. The Morgan fingerprint density at radius 3 is 2.78 bits per heavy atom. The highest BCUT2D eigenvalue weighted by Crippen LogP contribution is 2.31. The fourth-order valence-electron chi connectivity index (χ4n) is 2.09. The van der Waals surface area contributed by atoms with Gasteiger partial charge in [0, 0.05) is 25.7 Å². The maximum absolute atomic E-state index is 5.98. The van der Waals surface area contributed by atoms with Crippen LogP contribution in [0.4, 0.5) is 5.69 Å². The van der Waals surface area contributed by atoms with Gasteiger partial charge in [-0.1, -0.05) is 6.92 Å². The third-order valence-corrected chi connectivity index (χ3v) is 3.45. The lowest BCUT2D eigenvalue weighted by molar-refractivity contribution is 0.205. The van der Waals surface area contributed by atoms with Crippen LogP contribution >= 0.6 is 0 Å². The van der Waals surface area contributed by atoms with Gasteiger partial charge in [0.25, 0.3) is 0 Å². The second kappa shape index (κ2) is 6.16. The predicted molar refractivity (Wildman–Crippen MR) is 73.7 cm³/mol. The van der Waals surface area contributed by atoms with E-state index in [9.17, 15) is 0 Å².